The van der Waals surface area contributed by atoms with Crippen LogP contribution in [0.4, 0.5) is 0 Å². The zero-order valence-electron chi connectivity index (χ0n) is 11.6. The van der Waals surface area contributed by atoms with Crippen LogP contribution in [0.3, 0.4) is 0 Å². The minimum absolute atomic E-state index is 0.216. The van der Waals surface area contributed by atoms with Crippen LogP contribution in [-0.4, -0.2) is 41.5 Å². The van der Waals surface area contributed by atoms with E-state index in [0.29, 0.717) is 6.04 Å². The predicted molar refractivity (Wildman–Crippen MR) is 78.8 cm³/mol. The Balaban J connectivity index is 1.88. The van der Waals surface area contributed by atoms with Gasteiger partial charge >= 0.3 is 0 Å². The first-order valence-electron chi connectivity index (χ1n) is 7.30. The highest BCUT2D eigenvalue weighted by Gasteiger charge is 2.38. The molecule has 100 valence electrons. The summed E-state index contributed by atoms with van der Waals surface area (Å²) in [5.74, 6) is 2.92. The number of fused-ring (bicyclic) bond motifs is 1. The summed E-state index contributed by atoms with van der Waals surface area (Å²) in [6, 6.07) is 12.2. The molecule has 2 aliphatic rings. The van der Waals surface area contributed by atoms with E-state index in [4.69, 9.17) is 6.42 Å². The molecule has 0 aromatic heterocycles. The fourth-order valence-electron chi connectivity index (χ4n) is 3.54. The van der Waals surface area contributed by atoms with E-state index in [-0.39, 0.29) is 6.04 Å². The van der Waals surface area contributed by atoms with Gasteiger partial charge in [-0.3, -0.25) is 9.80 Å². The van der Waals surface area contributed by atoms with Gasteiger partial charge in [0.05, 0.1) is 6.04 Å². The average molecular weight is 254 g/mol. The molecule has 0 radical (unpaired) electrons. The third-order valence-corrected chi connectivity index (χ3v) is 4.65. The number of rotatable bonds is 2. The molecule has 0 aliphatic carbocycles. The summed E-state index contributed by atoms with van der Waals surface area (Å²) >= 11 is 0. The molecule has 2 heteroatoms. The van der Waals surface area contributed by atoms with Gasteiger partial charge in [-0.2, -0.15) is 0 Å². The van der Waals surface area contributed by atoms with E-state index in [1.54, 1.807) is 0 Å². The molecule has 2 saturated heterocycles. The second-order valence-corrected chi connectivity index (χ2v) is 5.76. The lowest BCUT2D eigenvalue weighted by Gasteiger charge is -2.45. The molecule has 2 heterocycles. The van der Waals surface area contributed by atoms with Gasteiger partial charge in [-0.05, 0) is 31.9 Å². The summed E-state index contributed by atoms with van der Waals surface area (Å²) in [6.45, 7) is 5.65. The van der Waals surface area contributed by atoms with Crippen molar-refractivity contribution < 1.29 is 0 Å². The molecule has 1 aromatic carbocycles. The van der Waals surface area contributed by atoms with Gasteiger partial charge in [0.25, 0.3) is 0 Å². The van der Waals surface area contributed by atoms with E-state index in [1.807, 2.05) is 0 Å². The molecule has 1 aromatic rings. The lowest BCUT2D eigenvalue weighted by molar-refractivity contribution is 0.0387. The molecule has 0 spiro atoms. The highest BCUT2D eigenvalue weighted by atomic mass is 15.3. The molecule has 0 bridgehead atoms. The first kappa shape index (κ1) is 12.7. The summed E-state index contributed by atoms with van der Waals surface area (Å²) in [4.78, 5) is 5.17. The van der Waals surface area contributed by atoms with Crippen molar-refractivity contribution in [3.05, 3.63) is 35.9 Å². The third kappa shape index (κ3) is 2.41. The molecule has 2 fully saturated rings. The highest BCUT2D eigenvalue weighted by molar-refractivity contribution is 5.22. The van der Waals surface area contributed by atoms with Gasteiger partial charge in [-0.1, -0.05) is 36.3 Å². The molecule has 0 amide bonds. The van der Waals surface area contributed by atoms with Gasteiger partial charge in [0, 0.05) is 25.2 Å². The van der Waals surface area contributed by atoms with Gasteiger partial charge in [0.1, 0.15) is 0 Å². The summed E-state index contributed by atoms with van der Waals surface area (Å²) in [5, 5.41) is 0. The summed E-state index contributed by atoms with van der Waals surface area (Å²) < 4.78 is 0. The van der Waals surface area contributed by atoms with Crippen LogP contribution in [0.2, 0.25) is 0 Å². The number of hydrogen-bond donors (Lipinski definition) is 0. The van der Waals surface area contributed by atoms with Gasteiger partial charge in [0.2, 0.25) is 0 Å². The number of benzene rings is 1. The number of piperazine rings is 1. The van der Waals surface area contributed by atoms with E-state index >= 15 is 0 Å². The molecule has 2 nitrogen and oxygen atoms in total. The first-order chi connectivity index (χ1) is 9.29. The normalized spacial score (nSPS) is 29.7. The third-order valence-electron chi connectivity index (χ3n) is 4.65. The van der Waals surface area contributed by atoms with Crippen molar-refractivity contribution in [1.82, 2.24) is 9.80 Å². The quantitative estimate of drug-likeness (QED) is 0.748. The van der Waals surface area contributed by atoms with Crippen molar-refractivity contribution >= 4 is 0 Å². The lowest BCUT2D eigenvalue weighted by Crippen LogP contribution is -2.54. The van der Waals surface area contributed by atoms with E-state index < -0.39 is 0 Å². The molecule has 0 saturated carbocycles. The standard InChI is InChI=1S/C17H22N2/c1-3-14(2)19-12-16-10-7-11-18(16)13-17(19)15-8-5-4-6-9-15/h1,4-6,8-9,14,16-17H,7,10-13H2,2H3. The molecular weight excluding hydrogens is 232 g/mol. The zero-order chi connectivity index (χ0) is 13.2. The van der Waals surface area contributed by atoms with Crippen molar-refractivity contribution in [2.45, 2.75) is 37.9 Å². The zero-order valence-corrected chi connectivity index (χ0v) is 11.6. The number of terminal acetylenes is 1. The number of hydrogen-bond acceptors (Lipinski definition) is 2. The minimum Gasteiger partial charge on any atom is -0.297 e. The molecular formula is C17H22N2. The van der Waals surface area contributed by atoms with Gasteiger partial charge < -0.3 is 0 Å². The van der Waals surface area contributed by atoms with Crippen molar-refractivity contribution in [3.63, 3.8) is 0 Å². The van der Waals surface area contributed by atoms with Crippen LogP contribution in [0.5, 0.6) is 0 Å². The van der Waals surface area contributed by atoms with Crippen LogP contribution in [0.15, 0.2) is 30.3 Å². The maximum absolute atomic E-state index is 5.68. The first-order valence-corrected chi connectivity index (χ1v) is 7.30. The SMILES string of the molecule is C#CC(C)N1CC2CCCN2CC1c1ccccc1. The van der Waals surface area contributed by atoms with Gasteiger partial charge in [0.15, 0.2) is 0 Å². The molecule has 3 rings (SSSR count). The van der Waals surface area contributed by atoms with Gasteiger partial charge in [-0.15, -0.1) is 6.42 Å². The predicted octanol–water partition coefficient (Wildman–Crippen LogP) is 2.53. The highest BCUT2D eigenvalue weighted by Crippen LogP contribution is 2.33. The fourth-order valence-corrected chi connectivity index (χ4v) is 3.54. The molecule has 0 N–H and O–H groups in total. The Morgan fingerprint density at radius 2 is 2.05 bits per heavy atom. The van der Waals surface area contributed by atoms with E-state index in [2.05, 4.69) is 53.0 Å². The Labute approximate surface area is 116 Å². The van der Waals surface area contributed by atoms with Crippen molar-refractivity contribution in [1.29, 1.82) is 0 Å². The summed E-state index contributed by atoms with van der Waals surface area (Å²) in [6.07, 6.45) is 8.34. The topological polar surface area (TPSA) is 6.48 Å². The average Bonchev–Trinajstić information content (AvgIpc) is 2.93. The Morgan fingerprint density at radius 1 is 1.26 bits per heavy atom. The van der Waals surface area contributed by atoms with E-state index in [9.17, 15) is 0 Å². The van der Waals surface area contributed by atoms with Crippen LogP contribution in [0.1, 0.15) is 31.4 Å². The smallest absolute Gasteiger partial charge is 0.0689 e. The lowest BCUT2D eigenvalue weighted by atomic mass is 9.98. The maximum Gasteiger partial charge on any atom is 0.0689 e. The van der Waals surface area contributed by atoms with Crippen LogP contribution >= 0.6 is 0 Å². The Hall–Kier alpha value is -1.30. The largest absolute Gasteiger partial charge is 0.297 e. The maximum atomic E-state index is 5.68. The molecule has 3 unspecified atom stereocenters. The van der Waals surface area contributed by atoms with E-state index in [0.717, 1.165) is 19.1 Å². The molecule has 3 atom stereocenters. The van der Waals surface area contributed by atoms with Crippen molar-refractivity contribution in [2.24, 2.45) is 0 Å². The molecule has 2 aliphatic heterocycles. The van der Waals surface area contributed by atoms with Crippen molar-refractivity contribution in [2.75, 3.05) is 19.6 Å². The van der Waals surface area contributed by atoms with Crippen LogP contribution in [0, 0.1) is 12.3 Å². The van der Waals surface area contributed by atoms with E-state index in [1.165, 1.54) is 24.9 Å². The van der Waals surface area contributed by atoms with Crippen LogP contribution in [-0.2, 0) is 0 Å². The Kier molecular flexibility index (Phi) is 3.59. The van der Waals surface area contributed by atoms with Crippen LogP contribution < -0.4 is 0 Å². The summed E-state index contributed by atoms with van der Waals surface area (Å²) in [7, 11) is 0. The summed E-state index contributed by atoms with van der Waals surface area (Å²) in [5.41, 5.74) is 1.40. The van der Waals surface area contributed by atoms with Crippen molar-refractivity contribution in [3.8, 4) is 12.3 Å². The Morgan fingerprint density at radius 3 is 2.79 bits per heavy atom. The molecule has 19 heavy (non-hydrogen) atoms. The second kappa shape index (κ2) is 5.36. The Bertz CT molecular complexity index is 462. The fraction of sp³-hybridized carbons (Fsp3) is 0.529. The minimum atomic E-state index is 0.216. The second-order valence-electron chi connectivity index (χ2n) is 5.76. The number of nitrogens with zero attached hydrogens (tertiary/aromatic N) is 2. The monoisotopic (exact) mass is 254 g/mol. The van der Waals surface area contributed by atoms with Gasteiger partial charge in [-0.25, -0.2) is 0 Å². The van der Waals surface area contributed by atoms with Crippen LogP contribution in [0.25, 0.3) is 0 Å².